The number of nitrogens with zero attached hydrogens (tertiary/aromatic N) is 1. The Morgan fingerprint density at radius 2 is 1.94 bits per heavy atom. The lowest BCUT2D eigenvalue weighted by Gasteiger charge is -2.18. The highest BCUT2D eigenvalue weighted by Crippen LogP contribution is 2.31. The maximum absolute atomic E-state index is 12.5. The van der Waals surface area contributed by atoms with Gasteiger partial charge in [-0.05, 0) is 17.7 Å². The fraction of sp³-hybridized carbons (Fsp3) is 0.250. The van der Waals surface area contributed by atoms with Gasteiger partial charge in [0.1, 0.15) is 6.29 Å². The van der Waals surface area contributed by atoms with E-state index < -0.39 is 11.7 Å². The highest BCUT2D eigenvalue weighted by atomic mass is 19.4. The Morgan fingerprint density at radius 1 is 1.29 bits per heavy atom. The number of halogens is 3. The SMILES string of the molecule is CN(C)/C(=C\C=O)c1cccc(C(F)(F)F)c1. The first-order valence-electron chi connectivity index (χ1n) is 4.86. The molecule has 1 aromatic carbocycles. The van der Waals surface area contributed by atoms with E-state index in [1.54, 1.807) is 19.0 Å². The summed E-state index contributed by atoms with van der Waals surface area (Å²) >= 11 is 0. The van der Waals surface area contributed by atoms with Gasteiger partial charge in [-0.15, -0.1) is 0 Å². The molecule has 0 aliphatic heterocycles. The summed E-state index contributed by atoms with van der Waals surface area (Å²) in [6, 6.07) is 4.87. The van der Waals surface area contributed by atoms with Gasteiger partial charge in [-0.2, -0.15) is 13.2 Å². The molecule has 0 aromatic heterocycles. The van der Waals surface area contributed by atoms with Crippen molar-refractivity contribution in [1.29, 1.82) is 0 Å². The number of carbonyl (C=O) groups is 1. The van der Waals surface area contributed by atoms with E-state index in [0.29, 0.717) is 17.5 Å². The summed E-state index contributed by atoms with van der Waals surface area (Å²) < 4.78 is 37.5. The quantitative estimate of drug-likeness (QED) is 0.601. The summed E-state index contributed by atoms with van der Waals surface area (Å²) in [6.45, 7) is 0. The monoisotopic (exact) mass is 243 g/mol. The number of aldehydes is 1. The molecule has 92 valence electrons. The highest BCUT2D eigenvalue weighted by molar-refractivity contribution is 5.80. The van der Waals surface area contributed by atoms with E-state index in [1.165, 1.54) is 18.2 Å². The van der Waals surface area contributed by atoms with Crippen molar-refractivity contribution >= 4 is 12.0 Å². The Kier molecular flexibility index (Phi) is 3.93. The van der Waals surface area contributed by atoms with Crippen LogP contribution in [-0.4, -0.2) is 25.3 Å². The maximum atomic E-state index is 12.5. The number of allylic oxidation sites excluding steroid dienone is 1. The van der Waals surface area contributed by atoms with Gasteiger partial charge < -0.3 is 4.90 Å². The molecule has 0 fully saturated rings. The molecule has 0 aliphatic rings. The van der Waals surface area contributed by atoms with Crippen LogP contribution in [0.4, 0.5) is 13.2 Å². The van der Waals surface area contributed by atoms with Crippen molar-refractivity contribution in [3.63, 3.8) is 0 Å². The molecule has 0 radical (unpaired) electrons. The van der Waals surface area contributed by atoms with Crippen LogP contribution in [0.25, 0.3) is 5.70 Å². The molecule has 0 amide bonds. The zero-order chi connectivity index (χ0) is 13.1. The van der Waals surface area contributed by atoms with Gasteiger partial charge in [0, 0.05) is 25.9 Å². The average molecular weight is 243 g/mol. The smallest absolute Gasteiger partial charge is 0.377 e. The lowest BCUT2D eigenvalue weighted by atomic mass is 10.1. The van der Waals surface area contributed by atoms with Gasteiger partial charge in [0.25, 0.3) is 0 Å². The standard InChI is InChI=1S/C12H12F3NO/c1-16(2)11(6-7-17)9-4-3-5-10(8-9)12(13,14)15/h3-8H,1-2H3/b11-6-. The first kappa shape index (κ1) is 13.3. The van der Waals surface area contributed by atoms with Crippen molar-refractivity contribution in [2.75, 3.05) is 14.1 Å². The van der Waals surface area contributed by atoms with Crippen molar-refractivity contribution in [2.45, 2.75) is 6.18 Å². The first-order valence-corrected chi connectivity index (χ1v) is 4.86. The van der Waals surface area contributed by atoms with Crippen LogP contribution in [-0.2, 0) is 11.0 Å². The van der Waals surface area contributed by atoms with E-state index in [1.807, 2.05) is 0 Å². The van der Waals surface area contributed by atoms with Gasteiger partial charge in [-0.3, -0.25) is 4.79 Å². The van der Waals surface area contributed by atoms with Crippen LogP contribution in [0.5, 0.6) is 0 Å². The lowest BCUT2D eigenvalue weighted by Crippen LogP contribution is -2.12. The number of hydrogen-bond donors (Lipinski definition) is 0. The van der Waals surface area contributed by atoms with E-state index in [9.17, 15) is 18.0 Å². The third kappa shape index (κ3) is 3.34. The van der Waals surface area contributed by atoms with Crippen LogP contribution in [0, 0.1) is 0 Å². The molecular weight excluding hydrogens is 231 g/mol. The lowest BCUT2D eigenvalue weighted by molar-refractivity contribution is -0.137. The summed E-state index contributed by atoms with van der Waals surface area (Å²) in [6.07, 6.45) is -2.60. The molecule has 17 heavy (non-hydrogen) atoms. The molecule has 0 N–H and O–H groups in total. The number of hydrogen-bond acceptors (Lipinski definition) is 2. The highest BCUT2D eigenvalue weighted by Gasteiger charge is 2.30. The second-order valence-electron chi connectivity index (χ2n) is 3.66. The minimum absolute atomic E-state index is 0.358. The van der Waals surface area contributed by atoms with E-state index >= 15 is 0 Å². The van der Waals surface area contributed by atoms with Gasteiger partial charge in [0.2, 0.25) is 0 Å². The third-order valence-corrected chi connectivity index (χ3v) is 2.19. The van der Waals surface area contributed by atoms with Crippen LogP contribution in [0.1, 0.15) is 11.1 Å². The van der Waals surface area contributed by atoms with Crippen molar-refractivity contribution in [3.8, 4) is 0 Å². The molecule has 0 heterocycles. The topological polar surface area (TPSA) is 20.3 Å². The second-order valence-corrected chi connectivity index (χ2v) is 3.66. The molecule has 5 heteroatoms. The van der Waals surface area contributed by atoms with Crippen molar-refractivity contribution in [3.05, 3.63) is 41.5 Å². The summed E-state index contributed by atoms with van der Waals surface area (Å²) in [5, 5.41) is 0. The van der Waals surface area contributed by atoms with Gasteiger partial charge >= 0.3 is 6.18 Å². The predicted octanol–water partition coefficient (Wildman–Crippen LogP) is 2.81. The molecule has 1 aromatic rings. The van der Waals surface area contributed by atoms with Gasteiger partial charge in [-0.1, -0.05) is 12.1 Å². The van der Waals surface area contributed by atoms with Crippen LogP contribution in [0.3, 0.4) is 0 Å². The Morgan fingerprint density at radius 3 is 2.41 bits per heavy atom. The van der Waals surface area contributed by atoms with E-state index in [-0.39, 0.29) is 0 Å². The molecule has 2 nitrogen and oxygen atoms in total. The molecule has 0 spiro atoms. The van der Waals surface area contributed by atoms with Crippen molar-refractivity contribution in [2.24, 2.45) is 0 Å². The maximum Gasteiger partial charge on any atom is 0.416 e. The predicted molar refractivity (Wildman–Crippen MR) is 59.2 cm³/mol. The molecule has 0 saturated heterocycles. The second kappa shape index (κ2) is 5.03. The first-order chi connectivity index (χ1) is 7.86. The average Bonchev–Trinajstić information content (AvgIpc) is 2.24. The summed E-state index contributed by atoms with van der Waals surface area (Å²) in [4.78, 5) is 12.0. The van der Waals surface area contributed by atoms with Crippen molar-refractivity contribution < 1.29 is 18.0 Å². The number of benzene rings is 1. The van der Waals surface area contributed by atoms with Gasteiger partial charge in [-0.25, -0.2) is 0 Å². The zero-order valence-electron chi connectivity index (χ0n) is 9.45. The number of alkyl halides is 3. The van der Waals surface area contributed by atoms with E-state index in [4.69, 9.17) is 0 Å². The fourth-order valence-corrected chi connectivity index (χ4v) is 1.42. The minimum Gasteiger partial charge on any atom is -0.377 e. The molecule has 0 aliphatic carbocycles. The molecule has 0 unspecified atom stereocenters. The Balaban J connectivity index is 3.23. The normalized spacial score (nSPS) is 12.4. The van der Waals surface area contributed by atoms with E-state index in [2.05, 4.69) is 0 Å². The number of rotatable bonds is 3. The largest absolute Gasteiger partial charge is 0.416 e. The molecule has 0 saturated carbocycles. The van der Waals surface area contributed by atoms with Crippen LogP contribution < -0.4 is 0 Å². The van der Waals surface area contributed by atoms with Crippen LogP contribution in [0.15, 0.2) is 30.3 Å². The van der Waals surface area contributed by atoms with Crippen molar-refractivity contribution in [1.82, 2.24) is 4.90 Å². The Hall–Kier alpha value is -1.78. The molecular formula is C12H12F3NO. The van der Waals surface area contributed by atoms with E-state index in [0.717, 1.165) is 12.1 Å². The Labute approximate surface area is 97.3 Å². The molecule has 0 bridgehead atoms. The summed E-state index contributed by atoms with van der Waals surface area (Å²) in [7, 11) is 3.32. The molecule has 0 atom stereocenters. The Bertz CT molecular complexity index is 436. The zero-order valence-corrected chi connectivity index (χ0v) is 9.45. The number of carbonyl (C=O) groups excluding carboxylic acids is 1. The van der Waals surface area contributed by atoms with Gasteiger partial charge in [0.05, 0.1) is 5.56 Å². The summed E-state index contributed by atoms with van der Waals surface area (Å²) in [5.74, 6) is 0. The van der Waals surface area contributed by atoms with Crippen LogP contribution in [0.2, 0.25) is 0 Å². The third-order valence-electron chi connectivity index (χ3n) is 2.19. The fourth-order valence-electron chi connectivity index (χ4n) is 1.42. The molecule has 1 rings (SSSR count). The minimum atomic E-state index is -4.38. The summed E-state index contributed by atoms with van der Waals surface area (Å²) in [5.41, 5.74) is 0.0664. The van der Waals surface area contributed by atoms with Crippen LogP contribution >= 0.6 is 0 Å². The van der Waals surface area contributed by atoms with Gasteiger partial charge in [0.15, 0.2) is 0 Å².